The number of benzene rings is 1. The summed E-state index contributed by atoms with van der Waals surface area (Å²) in [5.41, 5.74) is 9.48. The lowest BCUT2D eigenvalue weighted by Crippen LogP contribution is -2.69. The second kappa shape index (κ2) is 4.89. The van der Waals surface area contributed by atoms with Crippen molar-refractivity contribution in [3.05, 3.63) is 23.3 Å². The van der Waals surface area contributed by atoms with E-state index in [1.807, 2.05) is 6.07 Å². The van der Waals surface area contributed by atoms with E-state index in [0.29, 0.717) is 23.6 Å². The molecule has 2 unspecified atom stereocenters. The third-order valence-electron chi connectivity index (χ3n) is 7.55. The molecule has 0 aromatic heterocycles. The van der Waals surface area contributed by atoms with E-state index < -0.39 is 0 Å². The molecule has 2 fully saturated rings. The van der Waals surface area contributed by atoms with Crippen LogP contribution in [0.1, 0.15) is 43.7 Å². The van der Waals surface area contributed by atoms with Crippen molar-refractivity contribution >= 4 is 0 Å². The van der Waals surface area contributed by atoms with Gasteiger partial charge in [-0.2, -0.15) is 0 Å². The molecule has 1 aromatic rings. The van der Waals surface area contributed by atoms with E-state index in [-0.39, 0.29) is 17.6 Å². The molecule has 2 heterocycles. The van der Waals surface area contributed by atoms with E-state index >= 15 is 0 Å². The van der Waals surface area contributed by atoms with Crippen LogP contribution in [0.2, 0.25) is 0 Å². The smallest absolute Gasteiger partial charge is 0.165 e. The largest absolute Gasteiger partial charge is 0.504 e. The van der Waals surface area contributed by atoms with Crippen molar-refractivity contribution < 1.29 is 9.84 Å². The Hall–Kier alpha value is -1.26. The van der Waals surface area contributed by atoms with Gasteiger partial charge in [0.1, 0.15) is 6.10 Å². The van der Waals surface area contributed by atoms with Crippen molar-refractivity contribution in [3.63, 3.8) is 0 Å². The van der Waals surface area contributed by atoms with Gasteiger partial charge in [-0.3, -0.25) is 0 Å². The van der Waals surface area contributed by atoms with Crippen molar-refractivity contribution in [1.29, 1.82) is 0 Å². The van der Waals surface area contributed by atoms with Gasteiger partial charge < -0.3 is 20.5 Å². The highest BCUT2D eigenvalue weighted by molar-refractivity contribution is 5.60. The maximum atomic E-state index is 10.4. The Labute approximate surface area is 144 Å². The number of phenolic OH excluding ortho intramolecular Hbond substituents is 1. The van der Waals surface area contributed by atoms with Gasteiger partial charge in [0.2, 0.25) is 0 Å². The number of phenols is 1. The van der Waals surface area contributed by atoms with E-state index in [1.165, 1.54) is 30.4 Å². The molecule has 6 atom stereocenters. The van der Waals surface area contributed by atoms with Gasteiger partial charge in [-0.05, 0) is 62.7 Å². The number of piperidine rings is 1. The Morgan fingerprint density at radius 3 is 3.04 bits per heavy atom. The lowest BCUT2D eigenvalue weighted by atomic mass is 9.49. The van der Waals surface area contributed by atoms with Crippen molar-refractivity contribution in [2.75, 3.05) is 13.6 Å². The van der Waals surface area contributed by atoms with Crippen LogP contribution in [-0.4, -0.2) is 41.8 Å². The summed E-state index contributed by atoms with van der Waals surface area (Å²) in [6.07, 6.45) is 5.78. The van der Waals surface area contributed by atoms with Gasteiger partial charge >= 0.3 is 0 Å². The molecule has 1 aromatic carbocycles. The standard InChI is InChI=1S/C20H28N2O2/c1-3-4-12-9-13-14-10-11-5-6-15(23)18-16(11)20(13,7-8-22(14)2)19(24-18)17(12)21/h5-6,12-14,17,19,23H,3-4,7-10,21H2,1-2H3/t12?,13?,14-,17+,19+,20+/m1/s1. The first-order valence-corrected chi connectivity index (χ1v) is 9.55. The highest BCUT2D eigenvalue weighted by Crippen LogP contribution is 2.64. The third kappa shape index (κ3) is 1.62. The molecule has 0 amide bonds. The van der Waals surface area contributed by atoms with Gasteiger partial charge in [-0.15, -0.1) is 0 Å². The minimum absolute atomic E-state index is 0.0302. The molecular weight excluding hydrogens is 300 g/mol. The van der Waals surface area contributed by atoms with E-state index in [1.54, 1.807) is 0 Å². The molecule has 24 heavy (non-hydrogen) atoms. The summed E-state index contributed by atoms with van der Waals surface area (Å²) in [5.74, 6) is 2.18. The Morgan fingerprint density at radius 1 is 1.42 bits per heavy atom. The van der Waals surface area contributed by atoms with Crippen molar-refractivity contribution in [2.45, 2.75) is 62.6 Å². The predicted molar refractivity (Wildman–Crippen MR) is 93.4 cm³/mol. The van der Waals surface area contributed by atoms with Crippen LogP contribution in [0.25, 0.3) is 0 Å². The molecule has 2 aliphatic carbocycles. The van der Waals surface area contributed by atoms with Crippen LogP contribution >= 0.6 is 0 Å². The minimum atomic E-state index is 0.0302. The third-order valence-corrected chi connectivity index (χ3v) is 7.55. The summed E-state index contributed by atoms with van der Waals surface area (Å²) in [7, 11) is 2.28. The SMILES string of the molecule is CCCC1CC2[C@H]3Cc4ccc(O)c5c4[C@@]2(CCN3C)[C@@H](O5)[C@H]1N. The van der Waals surface area contributed by atoms with Crippen LogP contribution in [0, 0.1) is 11.8 Å². The molecular formula is C20H28N2O2. The van der Waals surface area contributed by atoms with Gasteiger partial charge in [-0.1, -0.05) is 19.4 Å². The van der Waals surface area contributed by atoms with Gasteiger partial charge in [0.25, 0.3) is 0 Å². The summed E-state index contributed by atoms with van der Waals surface area (Å²) in [6.45, 7) is 3.35. The number of nitrogens with zero attached hydrogens (tertiary/aromatic N) is 1. The quantitative estimate of drug-likeness (QED) is 0.875. The van der Waals surface area contributed by atoms with Gasteiger partial charge in [0.15, 0.2) is 11.5 Å². The number of rotatable bonds is 2. The van der Waals surface area contributed by atoms with Crippen LogP contribution in [0.4, 0.5) is 0 Å². The molecule has 5 rings (SSSR count). The summed E-state index contributed by atoms with van der Waals surface area (Å²) in [6, 6.07) is 4.59. The first-order valence-electron chi connectivity index (χ1n) is 9.55. The number of ether oxygens (including phenoxy) is 1. The minimum Gasteiger partial charge on any atom is -0.504 e. The molecule has 2 bridgehead atoms. The number of hydrogen-bond acceptors (Lipinski definition) is 4. The molecule has 2 aliphatic heterocycles. The maximum Gasteiger partial charge on any atom is 0.165 e. The molecule has 4 nitrogen and oxygen atoms in total. The molecule has 1 spiro atoms. The number of likely N-dealkylation sites (tertiary alicyclic amines) is 1. The lowest BCUT2D eigenvalue weighted by Gasteiger charge is -2.60. The molecule has 1 saturated carbocycles. The van der Waals surface area contributed by atoms with Crippen LogP contribution in [0.3, 0.4) is 0 Å². The Balaban J connectivity index is 1.72. The molecule has 0 radical (unpaired) electrons. The van der Waals surface area contributed by atoms with E-state index in [9.17, 15) is 5.11 Å². The van der Waals surface area contributed by atoms with Crippen molar-refractivity contribution in [2.24, 2.45) is 17.6 Å². The summed E-state index contributed by atoms with van der Waals surface area (Å²) in [5, 5.41) is 10.4. The zero-order valence-corrected chi connectivity index (χ0v) is 14.7. The first kappa shape index (κ1) is 15.0. The zero-order valence-electron chi connectivity index (χ0n) is 14.7. The van der Waals surface area contributed by atoms with Crippen LogP contribution < -0.4 is 10.5 Å². The van der Waals surface area contributed by atoms with Crippen LogP contribution in [-0.2, 0) is 11.8 Å². The average molecular weight is 328 g/mol. The topological polar surface area (TPSA) is 58.7 Å². The lowest BCUT2D eigenvalue weighted by molar-refractivity contribution is -0.0720. The van der Waals surface area contributed by atoms with Gasteiger partial charge in [-0.25, -0.2) is 0 Å². The Kier molecular flexibility index (Phi) is 3.06. The first-order chi connectivity index (χ1) is 11.6. The number of nitrogens with two attached hydrogens (primary N) is 1. The fourth-order valence-corrected chi connectivity index (χ4v) is 6.54. The number of aromatic hydroxyl groups is 1. The Bertz CT molecular complexity index is 690. The van der Waals surface area contributed by atoms with Crippen molar-refractivity contribution in [3.8, 4) is 11.5 Å². The highest BCUT2D eigenvalue weighted by atomic mass is 16.5. The van der Waals surface area contributed by atoms with Crippen LogP contribution in [0.15, 0.2) is 12.1 Å². The highest BCUT2D eigenvalue weighted by Gasteiger charge is 2.66. The van der Waals surface area contributed by atoms with E-state index in [0.717, 1.165) is 25.1 Å². The van der Waals surface area contributed by atoms with Gasteiger partial charge in [0.05, 0.1) is 0 Å². The normalized spacial score (nSPS) is 42.5. The molecule has 1 saturated heterocycles. The zero-order chi connectivity index (χ0) is 16.6. The summed E-state index contributed by atoms with van der Waals surface area (Å²) >= 11 is 0. The van der Waals surface area contributed by atoms with Gasteiger partial charge in [0, 0.05) is 23.1 Å². The molecule has 4 aliphatic rings. The molecule has 3 N–H and O–H groups in total. The average Bonchev–Trinajstić information content (AvgIpc) is 2.92. The summed E-state index contributed by atoms with van der Waals surface area (Å²) < 4.78 is 6.44. The maximum absolute atomic E-state index is 10.4. The fraction of sp³-hybridized carbons (Fsp3) is 0.700. The van der Waals surface area contributed by atoms with E-state index in [4.69, 9.17) is 10.5 Å². The van der Waals surface area contributed by atoms with E-state index in [2.05, 4.69) is 24.9 Å². The fourth-order valence-electron chi connectivity index (χ4n) is 6.54. The van der Waals surface area contributed by atoms with Crippen LogP contribution in [0.5, 0.6) is 11.5 Å². The number of hydrogen-bond donors (Lipinski definition) is 2. The predicted octanol–water partition coefficient (Wildman–Crippen LogP) is 2.41. The monoisotopic (exact) mass is 328 g/mol. The number of likely N-dealkylation sites (N-methyl/N-ethyl adjacent to an activating group) is 1. The summed E-state index contributed by atoms with van der Waals surface area (Å²) in [4.78, 5) is 2.56. The van der Waals surface area contributed by atoms with Crippen molar-refractivity contribution in [1.82, 2.24) is 4.90 Å². The second-order valence-electron chi connectivity index (χ2n) is 8.50. The second-order valence-corrected chi connectivity index (χ2v) is 8.50. The molecule has 130 valence electrons. The Morgan fingerprint density at radius 2 is 2.25 bits per heavy atom. The molecule has 4 heteroatoms.